The number of nitrogens with one attached hydrogen (secondary N) is 1. The van der Waals surface area contributed by atoms with E-state index >= 15 is 0 Å². The summed E-state index contributed by atoms with van der Waals surface area (Å²) in [6.07, 6.45) is 7.48. The van der Waals surface area contributed by atoms with Crippen molar-refractivity contribution in [2.45, 2.75) is 25.7 Å². The third kappa shape index (κ3) is 3.20. The van der Waals surface area contributed by atoms with Crippen LogP contribution in [0.5, 0.6) is 5.75 Å². The van der Waals surface area contributed by atoms with Crippen molar-refractivity contribution in [3.8, 4) is 16.9 Å². The molecule has 0 radical (unpaired) electrons. The Labute approximate surface area is 190 Å². The fourth-order valence-electron chi connectivity index (χ4n) is 4.92. The average Bonchev–Trinajstić information content (AvgIpc) is 3.28. The molecule has 0 aliphatic carbocycles. The summed E-state index contributed by atoms with van der Waals surface area (Å²) in [7, 11) is 0. The minimum absolute atomic E-state index is 0.356. The molecule has 0 saturated heterocycles. The Kier molecular flexibility index (Phi) is 4.76. The molecule has 6 rings (SSSR count). The minimum atomic E-state index is 0.356. The van der Waals surface area contributed by atoms with E-state index in [0.29, 0.717) is 11.6 Å². The lowest BCUT2D eigenvalue weighted by atomic mass is 9.89. The molecule has 2 aliphatic rings. The molecule has 7 heteroatoms. The molecule has 4 heterocycles. The average molecular weight is 442 g/mol. The topological polar surface area (TPSA) is 73.6 Å². The Bertz CT molecular complexity index is 1330. The second-order valence-electron chi connectivity index (χ2n) is 8.28. The smallest absolute Gasteiger partial charge is 0.159 e. The number of phenolic OH excluding ortho intramolecular Hbond substituents is 1. The van der Waals surface area contributed by atoms with Gasteiger partial charge >= 0.3 is 0 Å². The van der Waals surface area contributed by atoms with E-state index in [-0.39, 0.29) is 0 Å². The van der Waals surface area contributed by atoms with Crippen molar-refractivity contribution < 1.29 is 5.11 Å². The van der Waals surface area contributed by atoms with Crippen LogP contribution in [-0.2, 0) is 12.8 Å². The van der Waals surface area contributed by atoms with Gasteiger partial charge in [0.05, 0.1) is 11.6 Å². The molecule has 2 N–H and O–H groups in total. The van der Waals surface area contributed by atoms with Crippen LogP contribution in [0.2, 0.25) is 0 Å². The van der Waals surface area contributed by atoms with Crippen LogP contribution in [0.25, 0.3) is 21.3 Å². The predicted octanol–water partition coefficient (Wildman–Crippen LogP) is 5.21. The normalized spacial score (nSPS) is 15.3. The van der Waals surface area contributed by atoms with Gasteiger partial charge < -0.3 is 10.0 Å². The van der Waals surface area contributed by atoms with Crippen LogP contribution in [-0.4, -0.2) is 34.4 Å². The molecule has 4 aromatic rings. The van der Waals surface area contributed by atoms with Gasteiger partial charge in [0.2, 0.25) is 0 Å². The number of anilines is 2. The van der Waals surface area contributed by atoms with Crippen molar-refractivity contribution >= 4 is 39.3 Å². The highest BCUT2D eigenvalue weighted by molar-refractivity contribution is 7.17. The maximum Gasteiger partial charge on any atom is 0.159 e. The molecule has 0 spiro atoms. The molecule has 160 valence electrons. The first kappa shape index (κ1) is 19.3. The molecule has 32 heavy (non-hydrogen) atoms. The molecule has 0 fully saturated rings. The lowest BCUT2D eigenvalue weighted by Gasteiger charge is -2.37. The van der Waals surface area contributed by atoms with Gasteiger partial charge in [-0.05, 0) is 42.9 Å². The summed E-state index contributed by atoms with van der Waals surface area (Å²) in [5, 5.41) is 18.5. The van der Waals surface area contributed by atoms with Gasteiger partial charge in [0.15, 0.2) is 5.82 Å². The maximum atomic E-state index is 11.0. The molecule has 0 bridgehead atoms. The predicted molar refractivity (Wildman–Crippen MR) is 131 cm³/mol. The van der Waals surface area contributed by atoms with Gasteiger partial charge in [-0.2, -0.15) is 5.10 Å². The molecule has 0 unspecified atom stereocenters. The summed E-state index contributed by atoms with van der Waals surface area (Å²) < 4.78 is 0. The highest BCUT2D eigenvalue weighted by Gasteiger charge is 2.27. The summed E-state index contributed by atoms with van der Waals surface area (Å²) in [4.78, 5) is 12.2. The van der Waals surface area contributed by atoms with Crippen LogP contribution in [0.4, 0.5) is 11.5 Å². The van der Waals surface area contributed by atoms with E-state index < -0.39 is 0 Å². The van der Waals surface area contributed by atoms with Crippen molar-refractivity contribution in [3.63, 3.8) is 0 Å². The van der Waals surface area contributed by atoms with Crippen LogP contribution in [0.15, 0.2) is 53.2 Å². The van der Waals surface area contributed by atoms with Crippen LogP contribution >= 0.6 is 11.3 Å². The van der Waals surface area contributed by atoms with E-state index in [1.165, 1.54) is 11.3 Å². The first-order valence-corrected chi connectivity index (χ1v) is 11.9. The fraction of sp³-hybridized carbons (Fsp3) is 0.240. The van der Waals surface area contributed by atoms with Crippen molar-refractivity contribution in [1.29, 1.82) is 0 Å². The second-order valence-corrected chi connectivity index (χ2v) is 9.14. The highest BCUT2D eigenvalue weighted by Crippen LogP contribution is 2.41. The molecule has 0 saturated carbocycles. The van der Waals surface area contributed by atoms with Crippen LogP contribution < -0.4 is 10.3 Å². The van der Waals surface area contributed by atoms with Crippen molar-refractivity contribution in [2.75, 3.05) is 23.4 Å². The summed E-state index contributed by atoms with van der Waals surface area (Å²) in [5.74, 6) is 1.02. The molecule has 0 atom stereocenters. The first-order valence-electron chi connectivity index (χ1n) is 11.0. The first-order chi connectivity index (χ1) is 15.8. The fourth-order valence-corrected chi connectivity index (χ4v) is 5.84. The number of hydrogen-bond acceptors (Lipinski definition) is 7. The van der Waals surface area contributed by atoms with Crippen molar-refractivity contribution in [1.82, 2.24) is 9.97 Å². The molecule has 2 aromatic carbocycles. The quantitative estimate of drug-likeness (QED) is 0.336. The Hall–Kier alpha value is -3.45. The minimum Gasteiger partial charge on any atom is -0.507 e. The number of thiophene rings is 1. The second kappa shape index (κ2) is 7.91. The number of fused-ring (bicyclic) bond motifs is 1. The Morgan fingerprint density at radius 1 is 1.09 bits per heavy atom. The summed E-state index contributed by atoms with van der Waals surface area (Å²) in [5.41, 5.74) is 9.72. The van der Waals surface area contributed by atoms with Gasteiger partial charge in [-0.3, -0.25) is 5.43 Å². The van der Waals surface area contributed by atoms with Gasteiger partial charge in [0.25, 0.3) is 0 Å². The lowest BCUT2D eigenvalue weighted by molar-refractivity contribution is 0.461. The zero-order valence-electron chi connectivity index (χ0n) is 17.6. The van der Waals surface area contributed by atoms with E-state index in [9.17, 15) is 5.11 Å². The Morgan fingerprint density at radius 3 is 2.81 bits per heavy atom. The SMILES string of the molecule is Oc1c(C=NNc2ncnc3scc(-c4ccccc4)c23)cc2c3c1CCCN3CCC2. The zero-order chi connectivity index (χ0) is 21.5. The van der Waals surface area contributed by atoms with Crippen molar-refractivity contribution in [3.05, 3.63) is 64.8 Å². The molecule has 2 aliphatic heterocycles. The van der Waals surface area contributed by atoms with E-state index in [2.05, 4.69) is 49.0 Å². The van der Waals surface area contributed by atoms with Gasteiger partial charge in [0.1, 0.15) is 16.9 Å². The number of hydrazone groups is 1. The van der Waals surface area contributed by atoms with Crippen molar-refractivity contribution in [2.24, 2.45) is 5.10 Å². The number of phenols is 1. The number of benzene rings is 2. The lowest BCUT2D eigenvalue weighted by Crippen LogP contribution is -2.34. The van der Waals surface area contributed by atoms with Gasteiger partial charge in [0, 0.05) is 40.8 Å². The monoisotopic (exact) mass is 441 g/mol. The number of aryl methyl sites for hydroxylation is 1. The van der Waals surface area contributed by atoms with E-state index in [1.54, 1.807) is 23.9 Å². The van der Waals surface area contributed by atoms with Crippen LogP contribution in [0.3, 0.4) is 0 Å². The molecule has 2 aromatic heterocycles. The number of nitrogens with zero attached hydrogens (tertiary/aromatic N) is 4. The molecule has 0 amide bonds. The number of rotatable bonds is 4. The standard InChI is InChI=1S/C25H23N5OS/c31-23-18(12-17-8-4-10-30-11-5-9-19(23)22(17)30)13-28-29-24-21-20(16-6-2-1-3-7-16)14-32-25(21)27-15-26-24/h1-3,6-7,12-15,31H,4-5,8-11H2,(H,26,27,29). The number of aromatic hydroxyl groups is 1. The number of hydrogen-bond donors (Lipinski definition) is 2. The summed E-state index contributed by atoms with van der Waals surface area (Å²) in [6.45, 7) is 2.17. The van der Waals surface area contributed by atoms with Gasteiger partial charge in [-0.1, -0.05) is 30.3 Å². The molecule has 6 nitrogen and oxygen atoms in total. The van der Waals surface area contributed by atoms with E-state index in [0.717, 1.165) is 71.2 Å². The van der Waals surface area contributed by atoms with Gasteiger partial charge in [-0.25, -0.2) is 9.97 Å². The third-order valence-electron chi connectivity index (χ3n) is 6.35. The molecular formula is C25H23N5OS. The van der Waals surface area contributed by atoms with Gasteiger partial charge in [-0.15, -0.1) is 11.3 Å². The van der Waals surface area contributed by atoms with Crippen LogP contribution in [0, 0.1) is 0 Å². The summed E-state index contributed by atoms with van der Waals surface area (Å²) >= 11 is 1.59. The van der Waals surface area contributed by atoms with Crippen LogP contribution in [0.1, 0.15) is 29.5 Å². The number of aromatic nitrogens is 2. The van der Waals surface area contributed by atoms with E-state index in [4.69, 9.17) is 0 Å². The largest absolute Gasteiger partial charge is 0.507 e. The Morgan fingerprint density at radius 2 is 1.94 bits per heavy atom. The summed E-state index contributed by atoms with van der Waals surface area (Å²) in [6, 6.07) is 12.3. The zero-order valence-corrected chi connectivity index (χ0v) is 18.4. The Balaban J connectivity index is 1.35. The highest BCUT2D eigenvalue weighted by atomic mass is 32.1. The maximum absolute atomic E-state index is 11.0. The van der Waals surface area contributed by atoms with E-state index in [1.807, 2.05) is 18.2 Å². The third-order valence-corrected chi connectivity index (χ3v) is 7.24. The molecular weight excluding hydrogens is 418 g/mol.